The summed E-state index contributed by atoms with van der Waals surface area (Å²) in [5.41, 5.74) is 3.97. The van der Waals surface area contributed by atoms with E-state index in [1.54, 1.807) is 0 Å². The lowest BCUT2D eigenvalue weighted by Gasteiger charge is -2.27. The van der Waals surface area contributed by atoms with Gasteiger partial charge in [0, 0.05) is 37.7 Å². The van der Waals surface area contributed by atoms with Gasteiger partial charge in [-0.05, 0) is 31.9 Å². The third-order valence-corrected chi connectivity index (χ3v) is 4.46. The van der Waals surface area contributed by atoms with E-state index < -0.39 is 0 Å². The van der Waals surface area contributed by atoms with Crippen molar-refractivity contribution in [2.45, 2.75) is 45.2 Å². The number of nitrogens with one attached hydrogen (secondary N) is 1. The van der Waals surface area contributed by atoms with E-state index in [0.29, 0.717) is 12.5 Å². The number of rotatable bonds is 3. The van der Waals surface area contributed by atoms with Crippen LogP contribution in [-0.2, 0) is 19.5 Å². The quantitative estimate of drug-likeness (QED) is 0.940. The lowest BCUT2D eigenvalue weighted by atomic mass is 10.1. The summed E-state index contributed by atoms with van der Waals surface area (Å²) < 4.78 is 0. The van der Waals surface area contributed by atoms with E-state index in [9.17, 15) is 4.79 Å². The minimum Gasteiger partial charge on any atom is -0.310 e. The zero-order chi connectivity index (χ0) is 15.1. The summed E-state index contributed by atoms with van der Waals surface area (Å²) in [6, 6.07) is 6.08. The highest BCUT2D eigenvalue weighted by Gasteiger charge is 2.29. The van der Waals surface area contributed by atoms with Gasteiger partial charge in [0.1, 0.15) is 5.82 Å². The molecular formula is C17H20N4O. The Bertz CT molecular complexity index is 763. The van der Waals surface area contributed by atoms with Crippen molar-refractivity contribution in [1.82, 2.24) is 19.9 Å². The van der Waals surface area contributed by atoms with Crippen LogP contribution in [0.25, 0.3) is 0 Å². The van der Waals surface area contributed by atoms with E-state index in [2.05, 4.69) is 14.9 Å². The van der Waals surface area contributed by atoms with E-state index in [4.69, 9.17) is 4.98 Å². The molecule has 0 bridgehead atoms. The normalized spacial score (nSPS) is 18.2. The Balaban J connectivity index is 1.55. The van der Waals surface area contributed by atoms with Gasteiger partial charge in [0.15, 0.2) is 0 Å². The Kier molecular flexibility index (Phi) is 3.30. The lowest BCUT2D eigenvalue weighted by molar-refractivity contribution is 0.238. The van der Waals surface area contributed by atoms with E-state index >= 15 is 0 Å². The van der Waals surface area contributed by atoms with Crippen LogP contribution in [0.5, 0.6) is 0 Å². The number of hydrogen-bond donors (Lipinski definition) is 1. The van der Waals surface area contributed by atoms with Crippen LogP contribution in [0.15, 0.2) is 23.0 Å². The van der Waals surface area contributed by atoms with Gasteiger partial charge in [-0.15, -0.1) is 0 Å². The number of H-pyrrole nitrogens is 1. The molecule has 0 radical (unpaired) electrons. The Morgan fingerprint density at radius 3 is 2.95 bits per heavy atom. The first-order valence-corrected chi connectivity index (χ1v) is 7.96. The summed E-state index contributed by atoms with van der Waals surface area (Å²) in [6.45, 7) is 4.38. The number of hydrogen-bond acceptors (Lipinski definition) is 4. The predicted molar refractivity (Wildman–Crippen MR) is 83.6 cm³/mol. The number of pyridine rings is 1. The van der Waals surface area contributed by atoms with Crippen LogP contribution in [0.2, 0.25) is 0 Å². The maximum atomic E-state index is 12.3. The second-order valence-electron chi connectivity index (χ2n) is 6.38. The van der Waals surface area contributed by atoms with Crippen molar-refractivity contribution in [2.75, 3.05) is 6.54 Å². The summed E-state index contributed by atoms with van der Waals surface area (Å²) in [4.78, 5) is 26.8. The van der Waals surface area contributed by atoms with Crippen LogP contribution in [0.1, 0.15) is 47.2 Å². The molecule has 1 aliphatic carbocycles. The average Bonchev–Trinajstić information content (AvgIpc) is 3.32. The first-order chi connectivity index (χ1) is 10.7. The molecule has 22 heavy (non-hydrogen) atoms. The first kappa shape index (κ1) is 13.6. The van der Waals surface area contributed by atoms with Gasteiger partial charge in [-0.2, -0.15) is 0 Å². The maximum absolute atomic E-state index is 12.3. The molecule has 0 atom stereocenters. The van der Waals surface area contributed by atoms with Crippen molar-refractivity contribution >= 4 is 0 Å². The maximum Gasteiger partial charge on any atom is 0.255 e. The fourth-order valence-corrected chi connectivity index (χ4v) is 3.10. The summed E-state index contributed by atoms with van der Waals surface area (Å²) in [7, 11) is 0. The van der Waals surface area contributed by atoms with Gasteiger partial charge >= 0.3 is 0 Å². The van der Waals surface area contributed by atoms with Gasteiger partial charge in [0.05, 0.1) is 17.0 Å². The standard InChI is InChI=1S/C17H20N4O/c1-11-3-2-4-13(18-11)9-21-8-7-15-14(10-21)17(22)20-16(19-15)12-5-6-12/h2-4,12H,5-10H2,1H3,(H,19,20,22). The van der Waals surface area contributed by atoms with Crippen molar-refractivity contribution in [3.05, 3.63) is 57.0 Å². The van der Waals surface area contributed by atoms with Crippen LogP contribution in [0.3, 0.4) is 0 Å². The largest absolute Gasteiger partial charge is 0.310 e. The van der Waals surface area contributed by atoms with Crippen LogP contribution in [-0.4, -0.2) is 26.4 Å². The molecule has 0 aromatic carbocycles. The van der Waals surface area contributed by atoms with Gasteiger partial charge in [0.2, 0.25) is 0 Å². The fourth-order valence-electron chi connectivity index (χ4n) is 3.10. The Labute approximate surface area is 129 Å². The van der Waals surface area contributed by atoms with Crippen molar-refractivity contribution < 1.29 is 0 Å². The fraction of sp³-hybridized carbons (Fsp3) is 0.471. The highest BCUT2D eigenvalue weighted by Crippen LogP contribution is 2.37. The second-order valence-corrected chi connectivity index (χ2v) is 6.38. The molecule has 0 unspecified atom stereocenters. The molecule has 0 saturated heterocycles. The van der Waals surface area contributed by atoms with E-state index in [-0.39, 0.29) is 5.56 Å². The Morgan fingerprint density at radius 2 is 2.18 bits per heavy atom. The van der Waals surface area contributed by atoms with Crippen molar-refractivity contribution in [3.8, 4) is 0 Å². The molecule has 0 amide bonds. The second kappa shape index (κ2) is 5.32. The molecule has 0 spiro atoms. The minimum atomic E-state index is 0.0498. The molecule has 2 aromatic heterocycles. The Morgan fingerprint density at radius 1 is 1.32 bits per heavy atom. The molecule has 1 fully saturated rings. The van der Waals surface area contributed by atoms with Gasteiger partial charge in [0.25, 0.3) is 5.56 Å². The minimum absolute atomic E-state index is 0.0498. The average molecular weight is 296 g/mol. The third kappa shape index (κ3) is 2.68. The zero-order valence-corrected chi connectivity index (χ0v) is 12.8. The van der Waals surface area contributed by atoms with Crippen LogP contribution in [0, 0.1) is 6.92 Å². The first-order valence-electron chi connectivity index (χ1n) is 7.96. The summed E-state index contributed by atoms with van der Waals surface area (Å²) in [5, 5.41) is 0. The van der Waals surface area contributed by atoms with Crippen molar-refractivity contribution in [3.63, 3.8) is 0 Å². The zero-order valence-electron chi connectivity index (χ0n) is 12.8. The molecule has 5 heteroatoms. The molecule has 4 rings (SSSR count). The number of fused-ring (bicyclic) bond motifs is 1. The van der Waals surface area contributed by atoms with Crippen molar-refractivity contribution in [1.29, 1.82) is 0 Å². The SMILES string of the molecule is Cc1cccc(CN2CCc3nc(C4CC4)[nH]c(=O)c3C2)n1. The van der Waals surface area contributed by atoms with Crippen LogP contribution < -0.4 is 5.56 Å². The van der Waals surface area contributed by atoms with E-state index in [1.807, 2.05) is 25.1 Å². The van der Waals surface area contributed by atoms with Gasteiger partial charge < -0.3 is 4.98 Å². The highest BCUT2D eigenvalue weighted by atomic mass is 16.1. The number of nitrogens with zero attached hydrogens (tertiary/aromatic N) is 3. The predicted octanol–water partition coefficient (Wildman–Crippen LogP) is 1.91. The van der Waals surface area contributed by atoms with Gasteiger partial charge in [-0.3, -0.25) is 14.7 Å². The number of aromatic amines is 1. The topological polar surface area (TPSA) is 61.9 Å². The molecule has 1 aliphatic heterocycles. The molecule has 2 aliphatic rings. The molecular weight excluding hydrogens is 276 g/mol. The van der Waals surface area contributed by atoms with Crippen LogP contribution >= 0.6 is 0 Å². The number of aromatic nitrogens is 3. The van der Waals surface area contributed by atoms with E-state index in [1.165, 1.54) is 0 Å². The summed E-state index contributed by atoms with van der Waals surface area (Å²) in [5.74, 6) is 1.39. The molecule has 3 heterocycles. The Hall–Kier alpha value is -2.01. The van der Waals surface area contributed by atoms with E-state index in [0.717, 1.165) is 60.8 Å². The van der Waals surface area contributed by atoms with Crippen LogP contribution in [0.4, 0.5) is 0 Å². The molecule has 114 valence electrons. The molecule has 2 aromatic rings. The smallest absolute Gasteiger partial charge is 0.255 e. The summed E-state index contributed by atoms with van der Waals surface area (Å²) in [6.07, 6.45) is 3.17. The number of aryl methyl sites for hydroxylation is 1. The summed E-state index contributed by atoms with van der Waals surface area (Å²) >= 11 is 0. The third-order valence-electron chi connectivity index (χ3n) is 4.46. The lowest BCUT2D eigenvalue weighted by Crippen LogP contribution is -2.36. The van der Waals surface area contributed by atoms with Crippen molar-refractivity contribution in [2.24, 2.45) is 0 Å². The molecule has 1 N–H and O–H groups in total. The molecule has 5 nitrogen and oxygen atoms in total. The van der Waals surface area contributed by atoms with Gasteiger partial charge in [-0.1, -0.05) is 6.07 Å². The molecule has 1 saturated carbocycles. The highest BCUT2D eigenvalue weighted by molar-refractivity contribution is 5.23. The van der Waals surface area contributed by atoms with Gasteiger partial charge in [-0.25, -0.2) is 4.98 Å². The monoisotopic (exact) mass is 296 g/mol.